The molecule has 1 aromatic carbocycles. The molecule has 0 amide bonds. The van der Waals surface area contributed by atoms with Gasteiger partial charge in [0.15, 0.2) is 5.82 Å². The maximum absolute atomic E-state index is 5.85. The number of hydrogen-bond acceptors (Lipinski definition) is 6. The van der Waals surface area contributed by atoms with Gasteiger partial charge in [0.25, 0.3) is 0 Å². The molecule has 0 bridgehead atoms. The third-order valence-corrected chi connectivity index (χ3v) is 4.34. The first-order valence-electron chi connectivity index (χ1n) is 8.86. The van der Waals surface area contributed by atoms with Gasteiger partial charge in [-0.15, -0.1) is 0 Å². The van der Waals surface area contributed by atoms with Gasteiger partial charge in [-0.3, -0.25) is 9.97 Å². The lowest BCUT2D eigenvalue weighted by Crippen LogP contribution is -2.04. The minimum Gasteiger partial charge on any atom is -0.497 e. The second kappa shape index (κ2) is 7.94. The third kappa shape index (κ3) is 3.72. The summed E-state index contributed by atoms with van der Waals surface area (Å²) >= 11 is 0. The van der Waals surface area contributed by atoms with Crippen LogP contribution in [0.4, 0.5) is 0 Å². The Morgan fingerprint density at radius 1 is 0.857 bits per heavy atom. The van der Waals surface area contributed by atoms with E-state index in [1.54, 1.807) is 19.5 Å². The monoisotopic (exact) mass is 369 g/mol. The summed E-state index contributed by atoms with van der Waals surface area (Å²) in [4.78, 5) is 18.0. The lowest BCUT2D eigenvalue weighted by molar-refractivity contribution is 0.415. The molecule has 0 saturated heterocycles. The van der Waals surface area contributed by atoms with Gasteiger partial charge in [-0.05, 0) is 42.0 Å². The second-order valence-electron chi connectivity index (χ2n) is 6.18. The van der Waals surface area contributed by atoms with Crippen LogP contribution in [0, 0.1) is 0 Å². The number of rotatable bonds is 5. The van der Waals surface area contributed by atoms with Crippen LogP contribution in [-0.4, -0.2) is 27.0 Å². The summed E-state index contributed by atoms with van der Waals surface area (Å²) in [6, 6.07) is 17.5. The summed E-state index contributed by atoms with van der Waals surface area (Å²) < 4.78 is 5.23. The normalized spacial score (nSPS) is 10.6. The molecule has 28 heavy (non-hydrogen) atoms. The highest BCUT2D eigenvalue weighted by atomic mass is 16.5. The van der Waals surface area contributed by atoms with Crippen LogP contribution in [0.25, 0.3) is 33.9 Å². The van der Waals surface area contributed by atoms with Crippen molar-refractivity contribution in [3.8, 4) is 39.7 Å². The molecule has 0 aliphatic heterocycles. The molecule has 0 radical (unpaired) electrons. The van der Waals surface area contributed by atoms with E-state index in [4.69, 9.17) is 15.5 Å². The average Bonchev–Trinajstić information content (AvgIpc) is 2.79. The van der Waals surface area contributed by atoms with Crippen LogP contribution >= 0.6 is 0 Å². The smallest absolute Gasteiger partial charge is 0.178 e. The van der Waals surface area contributed by atoms with E-state index < -0.39 is 0 Å². The number of ether oxygens (including phenoxy) is 1. The standard InChI is InChI=1S/C22H19N5O/c1-28-19-7-5-15(6-8-19)16-10-17(14-24-13-16)21-11-18(12-23)26-22(27-21)20-4-2-3-9-25-20/h2-11,13-14H,12,23H2,1H3. The lowest BCUT2D eigenvalue weighted by Gasteiger charge is -2.09. The number of benzene rings is 1. The van der Waals surface area contributed by atoms with Crippen molar-refractivity contribution in [3.63, 3.8) is 0 Å². The Morgan fingerprint density at radius 2 is 1.68 bits per heavy atom. The second-order valence-corrected chi connectivity index (χ2v) is 6.18. The molecule has 3 aromatic heterocycles. The fourth-order valence-corrected chi connectivity index (χ4v) is 2.88. The van der Waals surface area contributed by atoms with Crippen LogP contribution in [0.5, 0.6) is 5.75 Å². The Hall–Kier alpha value is -3.64. The number of methoxy groups -OCH3 is 1. The van der Waals surface area contributed by atoms with Crippen molar-refractivity contribution >= 4 is 0 Å². The molecule has 0 aliphatic carbocycles. The van der Waals surface area contributed by atoms with Crippen LogP contribution in [0.15, 0.2) is 73.2 Å². The first-order chi connectivity index (χ1) is 13.8. The highest BCUT2D eigenvalue weighted by Crippen LogP contribution is 2.27. The van der Waals surface area contributed by atoms with Crippen LogP contribution < -0.4 is 10.5 Å². The lowest BCUT2D eigenvalue weighted by atomic mass is 10.0. The summed E-state index contributed by atoms with van der Waals surface area (Å²) in [7, 11) is 1.65. The van der Waals surface area contributed by atoms with E-state index in [1.165, 1.54) is 0 Å². The van der Waals surface area contributed by atoms with Gasteiger partial charge < -0.3 is 10.5 Å². The van der Waals surface area contributed by atoms with E-state index in [0.29, 0.717) is 18.1 Å². The van der Waals surface area contributed by atoms with E-state index in [2.05, 4.69) is 21.0 Å². The van der Waals surface area contributed by atoms with Gasteiger partial charge in [0.2, 0.25) is 0 Å². The molecule has 138 valence electrons. The predicted octanol–water partition coefficient (Wildman–Crippen LogP) is 3.73. The third-order valence-electron chi connectivity index (χ3n) is 4.34. The topological polar surface area (TPSA) is 86.8 Å². The molecule has 3 heterocycles. The van der Waals surface area contributed by atoms with Crippen LogP contribution in [0.1, 0.15) is 5.69 Å². The van der Waals surface area contributed by atoms with Gasteiger partial charge >= 0.3 is 0 Å². The van der Waals surface area contributed by atoms with E-state index in [0.717, 1.165) is 33.8 Å². The molecule has 0 atom stereocenters. The Kier molecular flexibility index (Phi) is 5.03. The molecule has 6 nitrogen and oxygen atoms in total. The van der Waals surface area contributed by atoms with E-state index >= 15 is 0 Å². The zero-order valence-corrected chi connectivity index (χ0v) is 15.4. The van der Waals surface area contributed by atoms with E-state index in [1.807, 2.05) is 54.7 Å². The quantitative estimate of drug-likeness (QED) is 0.577. The SMILES string of the molecule is COc1ccc(-c2cncc(-c3cc(CN)nc(-c4ccccn4)n3)c2)cc1. The largest absolute Gasteiger partial charge is 0.497 e. The van der Waals surface area contributed by atoms with Crippen molar-refractivity contribution in [2.75, 3.05) is 7.11 Å². The summed E-state index contributed by atoms with van der Waals surface area (Å²) in [5.74, 6) is 1.37. The zero-order valence-electron chi connectivity index (χ0n) is 15.4. The highest BCUT2D eigenvalue weighted by molar-refractivity contribution is 5.71. The number of aromatic nitrogens is 4. The minimum absolute atomic E-state index is 0.320. The fourth-order valence-electron chi connectivity index (χ4n) is 2.88. The van der Waals surface area contributed by atoms with Crippen LogP contribution in [0.3, 0.4) is 0 Å². The Labute approximate surface area is 163 Å². The van der Waals surface area contributed by atoms with Gasteiger partial charge in [0.05, 0.1) is 18.5 Å². The van der Waals surface area contributed by atoms with E-state index in [9.17, 15) is 0 Å². The summed E-state index contributed by atoms with van der Waals surface area (Å²) in [6.45, 7) is 0.320. The molecule has 2 N–H and O–H groups in total. The first kappa shape index (κ1) is 17.8. The Morgan fingerprint density at radius 3 is 2.39 bits per heavy atom. The van der Waals surface area contributed by atoms with Crippen molar-refractivity contribution in [2.24, 2.45) is 5.73 Å². The molecular formula is C22H19N5O. The van der Waals surface area contributed by atoms with Crippen LogP contribution in [-0.2, 0) is 6.54 Å². The number of nitrogens with zero attached hydrogens (tertiary/aromatic N) is 4. The summed E-state index contributed by atoms with van der Waals surface area (Å²) in [6.07, 6.45) is 5.34. The Bertz CT molecular complexity index is 1080. The van der Waals surface area contributed by atoms with Crippen molar-refractivity contribution in [3.05, 3.63) is 78.9 Å². The van der Waals surface area contributed by atoms with Crippen LogP contribution in [0.2, 0.25) is 0 Å². The minimum atomic E-state index is 0.320. The van der Waals surface area contributed by atoms with Crippen molar-refractivity contribution in [1.82, 2.24) is 19.9 Å². The van der Waals surface area contributed by atoms with Crippen molar-refractivity contribution in [2.45, 2.75) is 6.54 Å². The Balaban J connectivity index is 1.76. The van der Waals surface area contributed by atoms with E-state index in [-0.39, 0.29) is 0 Å². The number of pyridine rings is 2. The molecule has 0 aliphatic rings. The summed E-state index contributed by atoms with van der Waals surface area (Å²) in [5.41, 5.74) is 11.0. The predicted molar refractivity (Wildman–Crippen MR) is 108 cm³/mol. The van der Waals surface area contributed by atoms with Gasteiger partial charge in [-0.2, -0.15) is 0 Å². The maximum atomic E-state index is 5.85. The molecule has 4 rings (SSSR count). The molecule has 6 heteroatoms. The maximum Gasteiger partial charge on any atom is 0.178 e. The molecular weight excluding hydrogens is 350 g/mol. The first-order valence-corrected chi connectivity index (χ1v) is 8.86. The molecule has 0 unspecified atom stereocenters. The molecule has 0 fully saturated rings. The molecule has 0 spiro atoms. The molecule has 4 aromatic rings. The highest BCUT2D eigenvalue weighted by Gasteiger charge is 2.10. The summed E-state index contributed by atoms with van der Waals surface area (Å²) in [5, 5.41) is 0. The fraction of sp³-hybridized carbons (Fsp3) is 0.0909. The van der Waals surface area contributed by atoms with Gasteiger partial charge in [-0.1, -0.05) is 18.2 Å². The van der Waals surface area contributed by atoms with Gasteiger partial charge in [-0.25, -0.2) is 9.97 Å². The van der Waals surface area contributed by atoms with Crippen molar-refractivity contribution in [1.29, 1.82) is 0 Å². The molecule has 0 saturated carbocycles. The van der Waals surface area contributed by atoms with Gasteiger partial charge in [0.1, 0.15) is 11.4 Å². The average molecular weight is 369 g/mol. The van der Waals surface area contributed by atoms with Gasteiger partial charge in [0, 0.05) is 36.3 Å². The number of nitrogens with two attached hydrogens (primary N) is 1. The number of hydrogen-bond donors (Lipinski definition) is 1. The van der Waals surface area contributed by atoms with Crippen molar-refractivity contribution < 1.29 is 4.74 Å². The zero-order chi connectivity index (χ0) is 19.3.